The molecule has 1 heterocycles. The normalized spacial score (nSPS) is 21.1. The van der Waals surface area contributed by atoms with Crippen molar-refractivity contribution in [3.05, 3.63) is 59.7 Å². The third kappa shape index (κ3) is 7.61. The molecule has 30 heavy (non-hydrogen) atoms. The summed E-state index contributed by atoms with van der Waals surface area (Å²) in [5.74, 6) is 1.61. The maximum absolute atomic E-state index is 10.3. The number of rotatable bonds is 10. The Hall–Kier alpha value is -2.12. The highest BCUT2D eigenvalue weighted by molar-refractivity contribution is 5.28. The molecule has 1 saturated heterocycles. The molecule has 2 aromatic carbocycles. The molecule has 6 heteroatoms. The molecule has 0 unspecified atom stereocenters. The lowest BCUT2D eigenvalue weighted by Crippen LogP contribution is -3.29. The lowest BCUT2D eigenvalue weighted by Gasteiger charge is -2.31. The fourth-order valence-corrected chi connectivity index (χ4v) is 3.94. The molecule has 0 aromatic heterocycles. The molecule has 0 amide bonds. The zero-order chi connectivity index (χ0) is 21.3. The molecule has 2 atom stereocenters. The molecule has 164 valence electrons. The van der Waals surface area contributed by atoms with Crippen molar-refractivity contribution in [3.8, 4) is 11.5 Å². The van der Waals surface area contributed by atoms with Crippen molar-refractivity contribution >= 4 is 0 Å². The van der Waals surface area contributed by atoms with E-state index >= 15 is 0 Å². The topological polar surface area (TPSA) is 67.8 Å². The number of aryl methyl sites for hydroxylation is 2. The van der Waals surface area contributed by atoms with Gasteiger partial charge in [-0.1, -0.05) is 24.3 Å². The van der Waals surface area contributed by atoms with Crippen LogP contribution in [0.5, 0.6) is 11.5 Å². The van der Waals surface area contributed by atoms with Gasteiger partial charge >= 0.3 is 0 Å². The van der Waals surface area contributed by atoms with E-state index in [-0.39, 0.29) is 0 Å². The van der Waals surface area contributed by atoms with E-state index in [0.29, 0.717) is 26.3 Å². The summed E-state index contributed by atoms with van der Waals surface area (Å²) in [6, 6.07) is 15.8. The van der Waals surface area contributed by atoms with Crippen LogP contribution >= 0.6 is 0 Å². The molecule has 1 aliphatic heterocycles. The van der Waals surface area contributed by atoms with E-state index in [1.807, 2.05) is 62.4 Å². The molecule has 4 N–H and O–H groups in total. The van der Waals surface area contributed by atoms with E-state index in [0.717, 1.165) is 48.8 Å². The minimum atomic E-state index is -0.476. The first-order chi connectivity index (χ1) is 14.5. The number of aliphatic hydroxyl groups excluding tert-OH is 2. The standard InChI is InChI=1S/C24H34N2O4/c1-19-5-3-7-23(13-19)29-17-21(27)15-25-9-11-26(12-10-25)16-22(28)18-30-24-8-4-6-20(2)14-24/h3-8,13-14,21-22,27-28H,9-12,15-18H2,1-2H3/p+2/t21-,22+. The molecule has 1 aliphatic rings. The van der Waals surface area contributed by atoms with Gasteiger partial charge in [0, 0.05) is 0 Å². The number of hydrogen-bond acceptors (Lipinski definition) is 4. The second kappa shape index (κ2) is 11.3. The van der Waals surface area contributed by atoms with Crippen molar-refractivity contribution in [2.24, 2.45) is 0 Å². The number of piperazine rings is 1. The summed E-state index contributed by atoms with van der Waals surface area (Å²) in [4.78, 5) is 2.79. The molecule has 6 nitrogen and oxygen atoms in total. The van der Waals surface area contributed by atoms with E-state index in [2.05, 4.69) is 0 Å². The molecule has 0 spiro atoms. The Bertz CT molecular complexity index is 712. The van der Waals surface area contributed by atoms with Gasteiger partial charge in [0.1, 0.15) is 76.2 Å². The Kier molecular flexibility index (Phi) is 8.51. The Balaban J connectivity index is 1.31. The second-order valence-corrected chi connectivity index (χ2v) is 8.47. The van der Waals surface area contributed by atoms with E-state index in [1.54, 1.807) is 0 Å². The Morgan fingerprint density at radius 3 is 1.50 bits per heavy atom. The maximum atomic E-state index is 10.3. The van der Waals surface area contributed by atoms with Gasteiger partial charge in [-0.05, 0) is 49.2 Å². The number of benzene rings is 2. The first-order valence-electron chi connectivity index (χ1n) is 10.9. The summed E-state index contributed by atoms with van der Waals surface area (Å²) in [5, 5.41) is 20.7. The quantitative estimate of drug-likeness (QED) is 0.412. The molecule has 0 radical (unpaired) electrons. The largest absolute Gasteiger partial charge is 0.491 e. The minimum Gasteiger partial charge on any atom is -0.491 e. The SMILES string of the molecule is Cc1cccc(OC[C@@H](O)C[NH+]2CC[NH+](C[C@@H](O)COc3cccc(C)c3)CC2)c1. The second-order valence-electron chi connectivity index (χ2n) is 8.47. The highest BCUT2D eigenvalue weighted by Gasteiger charge is 2.26. The van der Waals surface area contributed by atoms with E-state index in [4.69, 9.17) is 9.47 Å². The van der Waals surface area contributed by atoms with Crippen LogP contribution in [0.4, 0.5) is 0 Å². The number of ether oxygens (including phenoxy) is 2. The maximum Gasteiger partial charge on any atom is 0.137 e. The van der Waals surface area contributed by atoms with Gasteiger partial charge in [-0.25, -0.2) is 0 Å². The van der Waals surface area contributed by atoms with Crippen LogP contribution in [0.3, 0.4) is 0 Å². The summed E-state index contributed by atoms with van der Waals surface area (Å²) >= 11 is 0. The third-order valence-electron chi connectivity index (χ3n) is 5.58. The smallest absolute Gasteiger partial charge is 0.137 e. The van der Waals surface area contributed by atoms with Gasteiger partial charge in [0.15, 0.2) is 0 Å². The van der Waals surface area contributed by atoms with Gasteiger partial charge < -0.3 is 29.5 Å². The van der Waals surface area contributed by atoms with Crippen molar-refractivity contribution in [3.63, 3.8) is 0 Å². The fourth-order valence-electron chi connectivity index (χ4n) is 3.94. The Morgan fingerprint density at radius 1 is 0.733 bits per heavy atom. The number of aliphatic hydroxyl groups is 2. The number of quaternary nitrogens is 2. The van der Waals surface area contributed by atoms with Crippen molar-refractivity contribution < 1.29 is 29.5 Å². The molecular formula is C24H36N2O4+2. The van der Waals surface area contributed by atoms with Gasteiger partial charge in [-0.15, -0.1) is 0 Å². The van der Waals surface area contributed by atoms with Crippen LogP contribution in [-0.2, 0) is 0 Å². The number of hydrogen-bond donors (Lipinski definition) is 4. The summed E-state index contributed by atoms with van der Waals surface area (Å²) in [7, 11) is 0. The number of nitrogens with one attached hydrogen (secondary N) is 2. The molecule has 3 rings (SSSR count). The first-order valence-corrected chi connectivity index (χ1v) is 10.9. The minimum absolute atomic E-state index is 0.318. The molecule has 1 fully saturated rings. The summed E-state index contributed by atoms with van der Waals surface area (Å²) in [5.41, 5.74) is 2.30. The summed E-state index contributed by atoms with van der Waals surface area (Å²) in [6.07, 6.45) is -0.953. The molecule has 0 bridgehead atoms. The van der Waals surface area contributed by atoms with Gasteiger partial charge in [0.05, 0.1) is 0 Å². The average Bonchev–Trinajstić information content (AvgIpc) is 2.72. The van der Waals surface area contributed by atoms with E-state index < -0.39 is 12.2 Å². The zero-order valence-electron chi connectivity index (χ0n) is 18.1. The van der Waals surface area contributed by atoms with Crippen LogP contribution in [0.2, 0.25) is 0 Å². The molecule has 0 saturated carbocycles. The van der Waals surface area contributed by atoms with Crippen molar-refractivity contribution in [1.29, 1.82) is 0 Å². The van der Waals surface area contributed by atoms with Gasteiger partial charge in [0.2, 0.25) is 0 Å². The first kappa shape index (κ1) is 22.6. The van der Waals surface area contributed by atoms with Gasteiger partial charge in [0.25, 0.3) is 0 Å². The third-order valence-corrected chi connectivity index (χ3v) is 5.58. The summed E-state index contributed by atoms with van der Waals surface area (Å²) < 4.78 is 11.4. The van der Waals surface area contributed by atoms with E-state index in [1.165, 1.54) is 9.80 Å². The fraction of sp³-hybridized carbons (Fsp3) is 0.500. The van der Waals surface area contributed by atoms with Crippen LogP contribution < -0.4 is 19.3 Å². The van der Waals surface area contributed by atoms with Crippen molar-refractivity contribution in [2.45, 2.75) is 26.1 Å². The predicted octanol–water partition coefficient (Wildman–Crippen LogP) is -0.734. The van der Waals surface area contributed by atoms with Crippen LogP contribution in [-0.4, -0.2) is 74.9 Å². The monoisotopic (exact) mass is 416 g/mol. The van der Waals surface area contributed by atoms with Gasteiger partial charge in [-0.2, -0.15) is 0 Å². The highest BCUT2D eigenvalue weighted by Crippen LogP contribution is 2.13. The predicted molar refractivity (Wildman–Crippen MR) is 116 cm³/mol. The lowest BCUT2D eigenvalue weighted by molar-refractivity contribution is -1.01. The Morgan fingerprint density at radius 2 is 1.13 bits per heavy atom. The molecule has 0 aliphatic carbocycles. The molecule has 2 aromatic rings. The van der Waals surface area contributed by atoms with Crippen molar-refractivity contribution in [2.75, 3.05) is 52.5 Å². The highest BCUT2D eigenvalue weighted by atomic mass is 16.5. The van der Waals surface area contributed by atoms with Crippen LogP contribution in [0, 0.1) is 13.8 Å². The average molecular weight is 417 g/mol. The van der Waals surface area contributed by atoms with Crippen LogP contribution in [0.1, 0.15) is 11.1 Å². The summed E-state index contributed by atoms with van der Waals surface area (Å²) in [6.45, 7) is 10.0. The van der Waals surface area contributed by atoms with Gasteiger partial charge in [-0.3, -0.25) is 0 Å². The molecular weight excluding hydrogens is 380 g/mol. The van der Waals surface area contributed by atoms with Crippen LogP contribution in [0.25, 0.3) is 0 Å². The Labute approximate surface area is 179 Å². The van der Waals surface area contributed by atoms with Crippen LogP contribution in [0.15, 0.2) is 48.5 Å². The van der Waals surface area contributed by atoms with E-state index in [9.17, 15) is 10.2 Å². The lowest BCUT2D eigenvalue weighted by atomic mass is 10.2. The zero-order valence-corrected chi connectivity index (χ0v) is 18.1. The van der Waals surface area contributed by atoms with Crippen molar-refractivity contribution in [1.82, 2.24) is 0 Å².